The molecule has 0 saturated heterocycles. The second-order valence-corrected chi connectivity index (χ2v) is 9.88. The number of ether oxygens (including phenoxy) is 1. The molecule has 0 radical (unpaired) electrons. The highest BCUT2D eigenvalue weighted by Crippen LogP contribution is 2.19. The number of carbonyl (C=O) groups is 3. The van der Waals surface area contributed by atoms with Crippen molar-refractivity contribution in [3.05, 3.63) is 83.9 Å². The molecule has 0 aliphatic carbocycles. The first-order valence-electron chi connectivity index (χ1n) is 12.4. The van der Waals surface area contributed by atoms with Crippen molar-refractivity contribution in [3.63, 3.8) is 0 Å². The van der Waals surface area contributed by atoms with E-state index in [1.54, 1.807) is 27.7 Å². The molecule has 2 N–H and O–H groups in total. The topological polar surface area (TPSA) is 91.0 Å². The lowest BCUT2D eigenvalue weighted by molar-refractivity contribution is -0.130. The average molecular weight is 505 g/mol. The van der Waals surface area contributed by atoms with Crippen molar-refractivity contribution >= 4 is 28.8 Å². The van der Waals surface area contributed by atoms with Gasteiger partial charge in [0.15, 0.2) is 0 Å². The van der Waals surface area contributed by atoms with Crippen LogP contribution in [0, 0.1) is 0 Å². The summed E-state index contributed by atoms with van der Waals surface area (Å²) in [6.45, 7) is 7.68. The van der Waals surface area contributed by atoms with Crippen LogP contribution in [0.3, 0.4) is 0 Å². The lowest BCUT2D eigenvalue weighted by atomic mass is 10.0. The molecule has 0 unspecified atom stereocenters. The van der Waals surface area contributed by atoms with Gasteiger partial charge in [-0.05, 0) is 49.6 Å². The van der Waals surface area contributed by atoms with Gasteiger partial charge >= 0.3 is 12.1 Å². The molecule has 8 heteroatoms. The second-order valence-electron chi connectivity index (χ2n) is 9.88. The van der Waals surface area contributed by atoms with Crippen molar-refractivity contribution in [2.24, 2.45) is 0 Å². The fourth-order valence-corrected chi connectivity index (χ4v) is 3.84. The number of hydrazine groups is 1. The Bertz CT molecular complexity index is 1220. The monoisotopic (exact) mass is 504 g/mol. The van der Waals surface area contributed by atoms with Gasteiger partial charge in [-0.15, -0.1) is 0 Å². The van der Waals surface area contributed by atoms with Gasteiger partial charge in [0.25, 0.3) is 5.91 Å². The van der Waals surface area contributed by atoms with Crippen LogP contribution >= 0.6 is 0 Å². The van der Waals surface area contributed by atoms with Gasteiger partial charge in [-0.2, -0.15) is 0 Å². The van der Waals surface area contributed by atoms with Crippen molar-refractivity contribution in [3.8, 4) is 0 Å². The highest BCUT2D eigenvalue weighted by atomic mass is 16.6. The summed E-state index contributed by atoms with van der Waals surface area (Å²) >= 11 is 0. The van der Waals surface area contributed by atoms with E-state index in [4.69, 9.17) is 4.74 Å². The summed E-state index contributed by atoms with van der Waals surface area (Å²) in [5, 5.41) is 6.08. The van der Waals surface area contributed by atoms with Crippen LogP contribution in [0.5, 0.6) is 0 Å². The Morgan fingerprint density at radius 1 is 0.892 bits per heavy atom. The number of rotatable bonds is 7. The smallest absolute Gasteiger partial charge is 0.410 e. The van der Waals surface area contributed by atoms with E-state index in [0.717, 1.165) is 21.9 Å². The number of benzene rings is 3. The molecule has 4 amide bonds. The molecule has 0 aromatic heterocycles. The van der Waals surface area contributed by atoms with Crippen molar-refractivity contribution in [1.82, 2.24) is 20.7 Å². The Labute approximate surface area is 218 Å². The van der Waals surface area contributed by atoms with Crippen molar-refractivity contribution in [2.45, 2.75) is 52.3 Å². The van der Waals surface area contributed by atoms with Gasteiger partial charge in [0.05, 0.1) is 6.54 Å². The molecule has 0 fully saturated rings. The van der Waals surface area contributed by atoms with Crippen molar-refractivity contribution in [1.29, 1.82) is 0 Å². The lowest BCUT2D eigenvalue weighted by Crippen LogP contribution is -2.57. The van der Waals surface area contributed by atoms with Crippen molar-refractivity contribution < 1.29 is 19.1 Å². The molecule has 3 aromatic rings. The van der Waals surface area contributed by atoms with Crippen LogP contribution in [0.25, 0.3) is 10.8 Å². The van der Waals surface area contributed by atoms with Crippen LogP contribution in [-0.2, 0) is 22.5 Å². The Morgan fingerprint density at radius 3 is 2.19 bits per heavy atom. The van der Waals surface area contributed by atoms with E-state index in [1.807, 2.05) is 72.8 Å². The van der Waals surface area contributed by atoms with Crippen LogP contribution in [-0.4, -0.2) is 53.2 Å². The number of nitrogens with zero attached hydrogens (tertiary/aromatic N) is 2. The number of amides is 4. The molecule has 1 atom stereocenters. The van der Waals surface area contributed by atoms with Gasteiger partial charge in [-0.3, -0.25) is 15.1 Å². The molecule has 3 aromatic carbocycles. The summed E-state index contributed by atoms with van der Waals surface area (Å²) in [6.07, 6.45) is -0.387. The predicted octanol–water partition coefficient (Wildman–Crippen LogP) is 4.88. The maximum atomic E-state index is 13.6. The van der Waals surface area contributed by atoms with E-state index in [0.29, 0.717) is 6.54 Å². The molecule has 0 spiro atoms. The maximum absolute atomic E-state index is 13.6. The molecular weight excluding hydrogens is 468 g/mol. The molecule has 0 saturated carbocycles. The van der Waals surface area contributed by atoms with Gasteiger partial charge in [-0.1, -0.05) is 72.8 Å². The first-order valence-corrected chi connectivity index (χ1v) is 12.4. The van der Waals surface area contributed by atoms with Crippen molar-refractivity contribution in [2.75, 3.05) is 13.6 Å². The Morgan fingerprint density at radius 2 is 1.54 bits per heavy atom. The third kappa shape index (κ3) is 7.96. The third-order valence-electron chi connectivity index (χ3n) is 5.70. The van der Waals surface area contributed by atoms with Crippen LogP contribution < -0.4 is 10.7 Å². The zero-order valence-electron chi connectivity index (χ0n) is 22.2. The minimum Gasteiger partial charge on any atom is -0.444 e. The Kier molecular flexibility index (Phi) is 9.11. The SMILES string of the molecule is CCNC(=O)N(Cc1ccccc1)NC(=O)[C@@H](Cc1ccc2ccccc2c1)N(C)C(=O)OC(C)(C)C. The quantitative estimate of drug-likeness (QED) is 0.449. The van der Waals surface area contributed by atoms with E-state index in [9.17, 15) is 14.4 Å². The van der Waals surface area contributed by atoms with Crippen LogP contribution in [0.15, 0.2) is 72.8 Å². The largest absolute Gasteiger partial charge is 0.444 e. The van der Waals surface area contributed by atoms with Crippen LogP contribution in [0.1, 0.15) is 38.8 Å². The number of hydrogen-bond donors (Lipinski definition) is 2. The number of urea groups is 1. The van der Waals surface area contributed by atoms with E-state index in [-0.39, 0.29) is 13.0 Å². The standard InChI is InChI=1S/C29H36N4O4/c1-6-30-27(35)33(20-21-12-8-7-9-13-21)31-26(34)25(32(5)28(36)37-29(2,3)4)19-22-16-17-23-14-10-11-15-24(23)18-22/h7-18,25H,6,19-20H2,1-5H3,(H,30,35)(H,31,34)/t25-/m1/s1. The van der Waals surface area contributed by atoms with Gasteiger partial charge < -0.3 is 10.1 Å². The summed E-state index contributed by atoms with van der Waals surface area (Å²) in [5.41, 5.74) is 3.74. The molecule has 196 valence electrons. The molecule has 0 bridgehead atoms. The number of carbonyl (C=O) groups excluding carboxylic acids is 3. The molecule has 3 rings (SSSR count). The minimum absolute atomic E-state index is 0.164. The molecule has 0 aliphatic heterocycles. The Hall–Kier alpha value is -4.07. The zero-order valence-corrected chi connectivity index (χ0v) is 22.2. The number of likely N-dealkylation sites (N-methyl/N-ethyl adjacent to an activating group) is 1. The van der Waals surface area contributed by atoms with E-state index in [2.05, 4.69) is 10.7 Å². The first-order chi connectivity index (χ1) is 17.6. The predicted molar refractivity (Wildman–Crippen MR) is 145 cm³/mol. The lowest BCUT2D eigenvalue weighted by Gasteiger charge is -2.32. The molecule has 0 heterocycles. The van der Waals surface area contributed by atoms with E-state index < -0.39 is 29.7 Å². The van der Waals surface area contributed by atoms with Crippen LogP contribution in [0.4, 0.5) is 9.59 Å². The first kappa shape index (κ1) is 27.5. The minimum atomic E-state index is -0.927. The van der Waals surface area contributed by atoms with Gasteiger partial charge in [0.1, 0.15) is 11.6 Å². The highest BCUT2D eigenvalue weighted by molar-refractivity contribution is 5.88. The fraction of sp³-hybridized carbons (Fsp3) is 0.345. The van der Waals surface area contributed by atoms with Gasteiger partial charge in [-0.25, -0.2) is 14.6 Å². The summed E-state index contributed by atoms with van der Waals surface area (Å²) < 4.78 is 5.54. The third-order valence-corrected chi connectivity index (χ3v) is 5.70. The van der Waals surface area contributed by atoms with Gasteiger partial charge in [0, 0.05) is 20.0 Å². The van der Waals surface area contributed by atoms with Crippen LogP contribution in [0.2, 0.25) is 0 Å². The molecule has 0 aliphatic rings. The Balaban J connectivity index is 1.89. The number of fused-ring (bicyclic) bond motifs is 1. The molecular formula is C29H36N4O4. The van der Waals surface area contributed by atoms with E-state index >= 15 is 0 Å². The second kappa shape index (κ2) is 12.3. The number of nitrogens with one attached hydrogen (secondary N) is 2. The summed E-state index contributed by atoms with van der Waals surface area (Å²) in [7, 11) is 1.53. The van der Waals surface area contributed by atoms with Gasteiger partial charge in [0.2, 0.25) is 0 Å². The molecule has 37 heavy (non-hydrogen) atoms. The summed E-state index contributed by atoms with van der Waals surface area (Å²) in [5.74, 6) is -0.497. The zero-order chi connectivity index (χ0) is 27.0. The number of hydrogen-bond acceptors (Lipinski definition) is 4. The fourth-order valence-electron chi connectivity index (χ4n) is 3.84. The van der Waals surface area contributed by atoms with E-state index in [1.165, 1.54) is 17.0 Å². The summed E-state index contributed by atoms with van der Waals surface area (Å²) in [6, 6.07) is 21.9. The highest BCUT2D eigenvalue weighted by Gasteiger charge is 2.32. The molecule has 8 nitrogen and oxygen atoms in total. The maximum Gasteiger partial charge on any atom is 0.410 e. The summed E-state index contributed by atoms with van der Waals surface area (Å²) in [4.78, 5) is 40.7. The normalized spacial score (nSPS) is 11.9. The average Bonchev–Trinajstić information content (AvgIpc) is 2.86.